The third-order valence-corrected chi connectivity index (χ3v) is 8.69. The van der Waals surface area contributed by atoms with Gasteiger partial charge < -0.3 is 15.3 Å². The van der Waals surface area contributed by atoms with Gasteiger partial charge in [0, 0.05) is 0 Å². The van der Waals surface area contributed by atoms with E-state index in [0.717, 1.165) is 38.5 Å². The molecule has 3 nitrogen and oxygen atoms in total. The minimum absolute atomic E-state index is 0.0551. The number of fused-ring (bicyclic) bond motifs is 5. The smallest absolute Gasteiger partial charge is 0.0836 e. The highest BCUT2D eigenvalue weighted by Gasteiger charge is 2.64. The molecule has 3 N–H and O–H groups in total. The fourth-order valence-electron chi connectivity index (χ4n) is 7.33. The van der Waals surface area contributed by atoms with Crippen molar-refractivity contribution in [1.82, 2.24) is 0 Å². The Balaban J connectivity index is 1.79. The monoisotopic (exact) mass is 334 g/mol. The van der Waals surface area contributed by atoms with Crippen LogP contribution in [-0.2, 0) is 0 Å². The molecule has 3 heteroatoms. The van der Waals surface area contributed by atoms with Gasteiger partial charge in [0.1, 0.15) is 0 Å². The third-order valence-electron chi connectivity index (χ3n) is 8.69. The van der Waals surface area contributed by atoms with Gasteiger partial charge in [-0.3, -0.25) is 0 Å². The fraction of sp³-hybridized carbons (Fsp3) is 0.905. The summed E-state index contributed by atoms with van der Waals surface area (Å²) in [5.74, 6) is 1.40. The summed E-state index contributed by atoms with van der Waals surface area (Å²) in [6.45, 7) is 8.76. The lowest BCUT2D eigenvalue weighted by atomic mass is 9.45. The highest BCUT2D eigenvalue weighted by molar-refractivity contribution is 5.31. The first-order valence-electron chi connectivity index (χ1n) is 9.90. The van der Waals surface area contributed by atoms with Gasteiger partial charge in [0.25, 0.3) is 0 Å². The summed E-state index contributed by atoms with van der Waals surface area (Å²) in [5.41, 5.74) is 0.514. The van der Waals surface area contributed by atoms with Crippen molar-refractivity contribution in [1.29, 1.82) is 0 Å². The average Bonchev–Trinajstić information content (AvgIpc) is 2.72. The summed E-state index contributed by atoms with van der Waals surface area (Å²) < 4.78 is 0. The molecule has 0 aromatic carbocycles. The molecule has 0 radical (unpaired) electrons. The number of hydrogen-bond acceptors (Lipinski definition) is 3. The van der Waals surface area contributed by atoms with Crippen LogP contribution < -0.4 is 0 Å². The van der Waals surface area contributed by atoms with Gasteiger partial charge in [0.15, 0.2) is 0 Å². The van der Waals surface area contributed by atoms with E-state index in [1.807, 2.05) is 6.92 Å². The molecule has 4 aliphatic rings. The van der Waals surface area contributed by atoms with Crippen LogP contribution in [0, 0.1) is 34.5 Å². The summed E-state index contributed by atoms with van der Waals surface area (Å²) >= 11 is 0. The molecule has 4 rings (SSSR count). The van der Waals surface area contributed by atoms with Gasteiger partial charge in [-0.1, -0.05) is 32.4 Å². The summed E-state index contributed by atoms with van der Waals surface area (Å²) in [7, 11) is 0. The van der Waals surface area contributed by atoms with Crippen molar-refractivity contribution >= 4 is 0 Å². The molecule has 0 aliphatic heterocycles. The Morgan fingerprint density at radius 1 is 1.04 bits per heavy atom. The van der Waals surface area contributed by atoms with Gasteiger partial charge in [-0.25, -0.2) is 0 Å². The predicted molar refractivity (Wildman–Crippen MR) is 94.3 cm³/mol. The number of rotatable bonds is 0. The van der Waals surface area contributed by atoms with Crippen LogP contribution in [0.15, 0.2) is 11.6 Å². The molecule has 24 heavy (non-hydrogen) atoms. The highest BCUT2D eigenvalue weighted by Crippen LogP contribution is 2.67. The second-order valence-electron chi connectivity index (χ2n) is 10.2. The largest absolute Gasteiger partial charge is 0.393 e. The van der Waals surface area contributed by atoms with E-state index in [0.29, 0.717) is 17.8 Å². The normalized spacial score (nSPS) is 60.0. The van der Waals surface area contributed by atoms with Crippen LogP contribution in [0.2, 0.25) is 0 Å². The van der Waals surface area contributed by atoms with Crippen molar-refractivity contribution in [3.63, 3.8) is 0 Å². The first-order chi connectivity index (χ1) is 11.1. The van der Waals surface area contributed by atoms with Crippen LogP contribution in [0.4, 0.5) is 0 Å². The Hall–Kier alpha value is -0.380. The summed E-state index contributed by atoms with van der Waals surface area (Å²) in [6.07, 6.45) is 7.39. The second-order valence-corrected chi connectivity index (χ2v) is 10.2. The molecule has 136 valence electrons. The van der Waals surface area contributed by atoms with Gasteiger partial charge in [-0.05, 0) is 80.0 Å². The standard InChI is InChI=1S/C21H34O3/c1-12-9-16-17-15(6-8-20(16,3)18(12)23)19(2)7-5-14(22)10-13(19)11-21(17,4)24/h11-12,14-18,22-24H,5-10H2,1-4H3/t12?,14?,15?,16?,17?,18?,19?,20?,21-/m0/s1. The number of aliphatic hydroxyl groups is 3. The fourth-order valence-corrected chi connectivity index (χ4v) is 7.33. The molecule has 0 amide bonds. The van der Waals surface area contributed by atoms with E-state index in [9.17, 15) is 15.3 Å². The maximum Gasteiger partial charge on any atom is 0.0836 e. The molecule has 0 spiro atoms. The first kappa shape index (κ1) is 17.1. The molecular weight excluding hydrogens is 300 g/mol. The average molecular weight is 335 g/mol. The molecule has 0 saturated heterocycles. The third kappa shape index (κ3) is 2.07. The Morgan fingerprint density at radius 2 is 1.75 bits per heavy atom. The molecule has 0 aromatic rings. The second kappa shape index (κ2) is 5.08. The lowest BCUT2D eigenvalue weighted by Gasteiger charge is -2.61. The van der Waals surface area contributed by atoms with E-state index in [2.05, 4.69) is 26.8 Å². The maximum atomic E-state index is 11.4. The van der Waals surface area contributed by atoms with Crippen LogP contribution in [0.25, 0.3) is 0 Å². The molecule has 3 fully saturated rings. The quantitative estimate of drug-likeness (QED) is 0.596. The van der Waals surface area contributed by atoms with Crippen LogP contribution in [0.1, 0.15) is 66.2 Å². The van der Waals surface area contributed by atoms with Crippen molar-refractivity contribution in [3.8, 4) is 0 Å². The number of hydrogen-bond donors (Lipinski definition) is 3. The van der Waals surface area contributed by atoms with Crippen molar-refractivity contribution in [2.45, 2.75) is 84.0 Å². The van der Waals surface area contributed by atoms with E-state index in [1.165, 1.54) is 5.57 Å². The number of aliphatic hydroxyl groups excluding tert-OH is 2. The zero-order chi connectivity index (χ0) is 17.5. The molecule has 0 heterocycles. The minimum atomic E-state index is -0.827. The summed E-state index contributed by atoms with van der Waals surface area (Å²) in [4.78, 5) is 0. The van der Waals surface area contributed by atoms with Crippen molar-refractivity contribution in [3.05, 3.63) is 11.6 Å². The van der Waals surface area contributed by atoms with Gasteiger partial charge >= 0.3 is 0 Å². The van der Waals surface area contributed by atoms with Crippen LogP contribution in [0.3, 0.4) is 0 Å². The molecule has 8 unspecified atom stereocenters. The SMILES string of the molecule is CC1CC2C3C(CCC2(C)C1O)C1(C)CCC(O)CC1=C[C@]3(C)O. The Bertz CT molecular complexity index is 567. The van der Waals surface area contributed by atoms with Crippen molar-refractivity contribution < 1.29 is 15.3 Å². The lowest BCUT2D eigenvalue weighted by Crippen LogP contribution is -2.59. The molecular formula is C21H34O3. The van der Waals surface area contributed by atoms with Crippen LogP contribution in [0.5, 0.6) is 0 Å². The van der Waals surface area contributed by atoms with E-state index in [4.69, 9.17) is 0 Å². The Morgan fingerprint density at radius 3 is 2.46 bits per heavy atom. The molecule has 9 atom stereocenters. The topological polar surface area (TPSA) is 60.7 Å². The summed E-state index contributed by atoms with van der Waals surface area (Å²) in [6, 6.07) is 0. The minimum Gasteiger partial charge on any atom is -0.393 e. The lowest BCUT2D eigenvalue weighted by molar-refractivity contribution is -0.139. The molecule has 0 bridgehead atoms. The zero-order valence-electron chi connectivity index (χ0n) is 15.6. The van der Waals surface area contributed by atoms with Gasteiger partial charge in [-0.2, -0.15) is 0 Å². The van der Waals surface area contributed by atoms with E-state index >= 15 is 0 Å². The first-order valence-corrected chi connectivity index (χ1v) is 9.90. The van der Waals surface area contributed by atoms with E-state index < -0.39 is 5.60 Å². The zero-order valence-corrected chi connectivity index (χ0v) is 15.6. The summed E-state index contributed by atoms with van der Waals surface area (Å²) in [5, 5.41) is 32.4. The van der Waals surface area contributed by atoms with Crippen molar-refractivity contribution in [2.24, 2.45) is 34.5 Å². The predicted octanol–water partition coefficient (Wildman–Crippen LogP) is 3.28. The van der Waals surface area contributed by atoms with Gasteiger partial charge in [-0.15, -0.1) is 0 Å². The molecule has 0 aromatic heterocycles. The van der Waals surface area contributed by atoms with Crippen LogP contribution in [-0.4, -0.2) is 33.1 Å². The van der Waals surface area contributed by atoms with Crippen LogP contribution >= 0.6 is 0 Å². The maximum absolute atomic E-state index is 11.4. The van der Waals surface area contributed by atoms with Gasteiger partial charge in [0.05, 0.1) is 17.8 Å². The van der Waals surface area contributed by atoms with Crippen molar-refractivity contribution in [2.75, 3.05) is 0 Å². The highest BCUT2D eigenvalue weighted by atomic mass is 16.3. The molecule has 3 saturated carbocycles. The van der Waals surface area contributed by atoms with E-state index in [1.54, 1.807) is 0 Å². The Kier molecular flexibility index (Phi) is 3.61. The van der Waals surface area contributed by atoms with E-state index in [-0.39, 0.29) is 29.0 Å². The van der Waals surface area contributed by atoms with Gasteiger partial charge in [0.2, 0.25) is 0 Å². The molecule has 4 aliphatic carbocycles. The Labute approximate surface area is 146 Å².